The van der Waals surface area contributed by atoms with Gasteiger partial charge in [0.2, 0.25) is 5.91 Å². The number of hydrogen-bond acceptors (Lipinski definition) is 4. The molecule has 4 rings (SSSR count). The van der Waals surface area contributed by atoms with Crippen molar-refractivity contribution in [3.63, 3.8) is 0 Å². The molecule has 1 N–H and O–H groups in total. The molecule has 2 fully saturated rings. The van der Waals surface area contributed by atoms with Gasteiger partial charge in [0, 0.05) is 5.92 Å². The number of carbonyl (C=O) groups excluding carboxylic acids is 2. The molecule has 1 heterocycles. The predicted molar refractivity (Wildman–Crippen MR) is 123 cm³/mol. The van der Waals surface area contributed by atoms with E-state index in [1.807, 2.05) is 43.3 Å². The maximum atomic E-state index is 15.3. The molecule has 3 aliphatic rings. The minimum Gasteiger partial charge on any atom is -0.461 e. The van der Waals surface area contributed by atoms with E-state index in [0.29, 0.717) is 31.4 Å². The molecule has 1 spiro atoms. The van der Waals surface area contributed by atoms with Gasteiger partial charge in [0.1, 0.15) is 19.0 Å². The van der Waals surface area contributed by atoms with E-state index in [0.717, 1.165) is 5.56 Å². The van der Waals surface area contributed by atoms with E-state index in [9.17, 15) is 9.59 Å². The Morgan fingerprint density at radius 2 is 2.09 bits per heavy atom. The van der Waals surface area contributed by atoms with Crippen LogP contribution in [0.25, 0.3) is 0 Å². The van der Waals surface area contributed by atoms with E-state index in [2.05, 4.69) is 21.2 Å². The Hall–Kier alpha value is -1.99. The summed E-state index contributed by atoms with van der Waals surface area (Å²) >= 11 is 3.48. The second-order valence-corrected chi connectivity index (χ2v) is 11.2. The molecular weight excluding hydrogens is 477 g/mol. The number of amides is 1. The van der Waals surface area contributed by atoms with Crippen LogP contribution in [-0.4, -0.2) is 35.0 Å². The van der Waals surface area contributed by atoms with E-state index in [-0.39, 0.29) is 42.8 Å². The lowest BCUT2D eigenvalue weighted by atomic mass is 9.76. The lowest BCUT2D eigenvalue weighted by Gasteiger charge is -2.41. The van der Waals surface area contributed by atoms with E-state index in [1.165, 1.54) is 0 Å². The zero-order valence-electron chi connectivity index (χ0n) is 18.4. The molecule has 7 heteroatoms. The maximum Gasteiger partial charge on any atom is 0.309 e. The third-order valence-electron chi connectivity index (χ3n) is 6.92. The van der Waals surface area contributed by atoms with Crippen molar-refractivity contribution < 1.29 is 23.5 Å². The highest BCUT2D eigenvalue weighted by atomic mass is 79.9. The van der Waals surface area contributed by atoms with Gasteiger partial charge in [-0.05, 0) is 43.2 Å². The number of carbonyl (C=O) groups is 2. The Kier molecular flexibility index (Phi) is 6.59. The Morgan fingerprint density at radius 1 is 1.34 bits per heavy atom. The van der Waals surface area contributed by atoms with Crippen LogP contribution in [0.5, 0.6) is 0 Å². The van der Waals surface area contributed by atoms with Crippen LogP contribution < -0.4 is 5.32 Å². The average molecular weight is 506 g/mol. The van der Waals surface area contributed by atoms with Crippen LogP contribution in [0.1, 0.15) is 38.7 Å². The van der Waals surface area contributed by atoms with Gasteiger partial charge in [0.25, 0.3) is 0 Å². The molecule has 1 aromatic rings. The molecule has 5 nitrogen and oxygen atoms in total. The van der Waals surface area contributed by atoms with Crippen LogP contribution in [0.3, 0.4) is 0 Å². The molecule has 1 aliphatic heterocycles. The maximum absolute atomic E-state index is 15.3. The third kappa shape index (κ3) is 4.55. The quantitative estimate of drug-likeness (QED) is 0.468. The number of rotatable bonds is 5. The van der Waals surface area contributed by atoms with Gasteiger partial charge >= 0.3 is 5.97 Å². The molecule has 32 heavy (non-hydrogen) atoms. The minimum atomic E-state index is -0.760. The fourth-order valence-corrected chi connectivity index (χ4v) is 5.88. The van der Waals surface area contributed by atoms with Crippen LogP contribution in [0.4, 0.5) is 4.39 Å². The topological polar surface area (TPSA) is 64.6 Å². The van der Waals surface area contributed by atoms with Gasteiger partial charge in [0.15, 0.2) is 0 Å². The van der Waals surface area contributed by atoms with Gasteiger partial charge in [-0.1, -0.05) is 65.3 Å². The molecule has 0 radical (unpaired) electrons. The molecule has 1 aromatic carbocycles. The number of halogens is 2. The van der Waals surface area contributed by atoms with E-state index in [1.54, 1.807) is 13.0 Å². The van der Waals surface area contributed by atoms with Crippen LogP contribution in [0, 0.1) is 17.8 Å². The summed E-state index contributed by atoms with van der Waals surface area (Å²) in [5.41, 5.74) is 0.743. The van der Waals surface area contributed by atoms with Crippen molar-refractivity contribution in [2.24, 2.45) is 17.8 Å². The van der Waals surface area contributed by atoms with Crippen LogP contribution in [0.15, 0.2) is 53.9 Å². The van der Waals surface area contributed by atoms with Gasteiger partial charge in [-0.3, -0.25) is 9.59 Å². The number of ether oxygens (including phenoxy) is 2. The summed E-state index contributed by atoms with van der Waals surface area (Å²) in [6, 6.07) is 9.52. The van der Waals surface area contributed by atoms with Crippen molar-refractivity contribution in [2.75, 3.05) is 13.2 Å². The highest BCUT2D eigenvalue weighted by molar-refractivity contribution is 9.10. The van der Waals surface area contributed by atoms with Crippen molar-refractivity contribution in [3.8, 4) is 0 Å². The van der Waals surface area contributed by atoms with Crippen molar-refractivity contribution in [1.29, 1.82) is 0 Å². The largest absolute Gasteiger partial charge is 0.461 e. The van der Waals surface area contributed by atoms with Gasteiger partial charge in [-0.15, -0.1) is 0 Å². The Morgan fingerprint density at radius 3 is 2.81 bits per heavy atom. The normalized spacial score (nSPS) is 34.6. The molecule has 4 unspecified atom stereocenters. The van der Waals surface area contributed by atoms with Crippen LogP contribution in [-0.2, 0) is 25.7 Å². The first-order valence-electron chi connectivity index (χ1n) is 11.1. The summed E-state index contributed by atoms with van der Waals surface area (Å²) in [5, 5.41) is 3.10. The second kappa shape index (κ2) is 9.10. The summed E-state index contributed by atoms with van der Waals surface area (Å²) in [6.07, 6.45) is 5.20. The molecule has 0 bridgehead atoms. The zero-order chi connectivity index (χ0) is 22.9. The molecule has 0 aromatic heterocycles. The molecular formula is C25H29BrFNO4. The number of hydrogen-bond donors (Lipinski definition) is 1. The Balaban J connectivity index is 1.62. The summed E-state index contributed by atoms with van der Waals surface area (Å²) < 4.78 is 25.8. The second-order valence-electron chi connectivity index (χ2n) is 9.45. The number of allylic oxidation sites excluding steroid dienone is 4. The van der Waals surface area contributed by atoms with Gasteiger partial charge in [0.05, 0.1) is 22.4 Å². The highest BCUT2D eigenvalue weighted by Crippen LogP contribution is 2.50. The van der Waals surface area contributed by atoms with Gasteiger partial charge in [-0.2, -0.15) is 0 Å². The third-order valence-corrected chi connectivity index (χ3v) is 7.59. The SMILES string of the molecule is C[C@@H]1CC2(COCC(=O)N2)C(CC2=C(F)C(C)(Br)CC=C2)C1C(=O)OCc1ccccc1. The number of alkyl halides is 1. The fourth-order valence-electron chi connectivity index (χ4n) is 5.44. The molecule has 1 saturated carbocycles. The summed E-state index contributed by atoms with van der Waals surface area (Å²) in [5.74, 6) is -1.60. The van der Waals surface area contributed by atoms with Crippen molar-refractivity contribution in [3.05, 3.63) is 59.4 Å². The summed E-state index contributed by atoms with van der Waals surface area (Å²) in [7, 11) is 0. The lowest BCUT2D eigenvalue weighted by Crippen LogP contribution is -2.60. The zero-order valence-corrected chi connectivity index (χ0v) is 20.0. The van der Waals surface area contributed by atoms with Crippen molar-refractivity contribution in [1.82, 2.24) is 5.32 Å². The summed E-state index contributed by atoms with van der Waals surface area (Å²) in [4.78, 5) is 25.5. The lowest BCUT2D eigenvalue weighted by molar-refractivity contribution is -0.154. The van der Waals surface area contributed by atoms with Crippen molar-refractivity contribution >= 4 is 27.8 Å². The Labute approximate surface area is 196 Å². The molecule has 1 amide bonds. The van der Waals surface area contributed by atoms with E-state index in [4.69, 9.17) is 9.47 Å². The predicted octanol–water partition coefficient (Wildman–Crippen LogP) is 4.61. The molecule has 172 valence electrons. The van der Waals surface area contributed by atoms with Crippen LogP contribution in [0.2, 0.25) is 0 Å². The van der Waals surface area contributed by atoms with Gasteiger partial charge < -0.3 is 14.8 Å². The first kappa shape index (κ1) is 23.2. The van der Waals surface area contributed by atoms with Crippen LogP contribution >= 0.6 is 15.9 Å². The van der Waals surface area contributed by atoms with Gasteiger partial charge in [-0.25, -0.2) is 4.39 Å². The fraction of sp³-hybridized carbons (Fsp3) is 0.520. The molecule has 2 aliphatic carbocycles. The monoisotopic (exact) mass is 505 g/mol. The van der Waals surface area contributed by atoms with E-state index >= 15 is 4.39 Å². The number of esters is 1. The Bertz CT molecular complexity index is 945. The van der Waals surface area contributed by atoms with E-state index < -0.39 is 15.8 Å². The standard InChI is InChI=1S/C25H29BrFNO4/c1-16-12-25(15-31-14-20(29)28-25)19(11-18-9-6-10-24(2,26)22(18)27)21(16)23(30)32-13-17-7-4-3-5-8-17/h3-9,16,19,21H,10-15H2,1-2H3,(H,28,29)/t16-,19?,21?,24?,25?/m1/s1. The van der Waals surface area contributed by atoms with Crippen molar-refractivity contribution in [2.45, 2.75) is 49.6 Å². The highest BCUT2D eigenvalue weighted by Gasteiger charge is 2.57. The molecule has 5 atom stereocenters. The number of morpholine rings is 1. The minimum absolute atomic E-state index is 0.00238. The first-order chi connectivity index (χ1) is 15.2. The first-order valence-corrected chi connectivity index (χ1v) is 11.8. The number of nitrogens with one attached hydrogen (secondary N) is 1. The smallest absolute Gasteiger partial charge is 0.309 e. The average Bonchev–Trinajstić information content (AvgIpc) is 3.00. The summed E-state index contributed by atoms with van der Waals surface area (Å²) in [6.45, 7) is 4.29. The number of benzene rings is 1. The molecule has 1 saturated heterocycles.